The van der Waals surface area contributed by atoms with E-state index in [1.807, 2.05) is 19.9 Å². The SMILES string of the molecule is CCOP(=O)(OCC)c1cc(-c2ccc(-c3ccc(C(C)(C)C)cc3)s2)sc1-c1ccc(-c2ccc(C(C)(C)C)cc2)s1. The second kappa shape index (κ2) is 12.6. The van der Waals surface area contributed by atoms with Gasteiger partial charge in [0.2, 0.25) is 0 Å². The Morgan fingerprint density at radius 2 is 0.977 bits per heavy atom. The largest absolute Gasteiger partial charge is 0.362 e. The molecule has 0 atom stereocenters. The van der Waals surface area contributed by atoms with Crippen LogP contribution in [0.5, 0.6) is 0 Å². The van der Waals surface area contributed by atoms with Gasteiger partial charge in [-0.15, -0.1) is 34.0 Å². The molecule has 0 amide bonds. The van der Waals surface area contributed by atoms with Crippen LogP contribution in [0, 0.1) is 0 Å². The first-order valence-electron chi connectivity index (χ1n) is 14.8. The Morgan fingerprint density at radius 1 is 0.558 bits per heavy atom. The third-order valence-corrected chi connectivity index (χ3v) is 13.4. The van der Waals surface area contributed by atoms with Gasteiger partial charge in [-0.3, -0.25) is 4.57 Å². The molecule has 5 rings (SSSR count). The van der Waals surface area contributed by atoms with Gasteiger partial charge in [-0.05, 0) is 77.3 Å². The highest BCUT2D eigenvalue weighted by atomic mass is 32.1. The first-order chi connectivity index (χ1) is 20.3. The smallest absolute Gasteiger partial charge is 0.305 e. The normalized spacial score (nSPS) is 12.7. The molecule has 0 unspecified atom stereocenters. The van der Waals surface area contributed by atoms with Crippen molar-refractivity contribution in [2.75, 3.05) is 13.2 Å². The van der Waals surface area contributed by atoms with E-state index in [0.717, 1.165) is 19.5 Å². The van der Waals surface area contributed by atoms with Gasteiger partial charge >= 0.3 is 7.60 Å². The minimum Gasteiger partial charge on any atom is -0.305 e. The molecule has 0 aliphatic heterocycles. The van der Waals surface area contributed by atoms with E-state index in [1.54, 1.807) is 34.0 Å². The Hall–Kier alpha value is -2.31. The van der Waals surface area contributed by atoms with E-state index in [0.29, 0.717) is 18.5 Å². The van der Waals surface area contributed by atoms with Crippen molar-refractivity contribution in [1.82, 2.24) is 0 Å². The molecule has 0 radical (unpaired) electrons. The van der Waals surface area contributed by atoms with Crippen LogP contribution in [0.3, 0.4) is 0 Å². The molecular weight excluding hydrogens is 608 g/mol. The van der Waals surface area contributed by atoms with Crippen molar-refractivity contribution in [3.05, 3.63) is 90.0 Å². The van der Waals surface area contributed by atoms with Gasteiger partial charge < -0.3 is 9.05 Å². The minimum absolute atomic E-state index is 0.110. The zero-order valence-electron chi connectivity index (χ0n) is 26.3. The van der Waals surface area contributed by atoms with Crippen LogP contribution >= 0.6 is 41.6 Å². The Labute approximate surface area is 269 Å². The lowest BCUT2D eigenvalue weighted by Gasteiger charge is -2.19. The van der Waals surface area contributed by atoms with Crippen LogP contribution in [-0.2, 0) is 24.4 Å². The number of thiophene rings is 3. The second-order valence-electron chi connectivity index (χ2n) is 12.6. The summed E-state index contributed by atoms with van der Waals surface area (Å²) in [5.41, 5.74) is 5.25. The third kappa shape index (κ3) is 7.01. The van der Waals surface area contributed by atoms with Gasteiger partial charge in [-0.2, -0.15) is 0 Å². The standard InChI is InChI=1S/C36H41O3PS3/c1-9-38-40(37,39-10-2)28-23-33(31-21-19-29(41-31)24-11-15-26(16-12-24)35(3,4)5)43-34(28)32-22-20-30(42-32)25-13-17-27(18-14-25)36(6,7)8/h11-23H,9-10H2,1-8H3. The van der Waals surface area contributed by atoms with Gasteiger partial charge in [0, 0.05) is 24.4 Å². The molecule has 43 heavy (non-hydrogen) atoms. The van der Waals surface area contributed by atoms with Crippen molar-refractivity contribution in [1.29, 1.82) is 0 Å². The van der Waals surface area contributed by atoms with Crippen molar-refractivity contribution >= 4 is 46.9 Å². The fourth-order valence-electron chi connectivity index (χ4n) is 4.91. The van der Waals surface area contributed by atoms with E-state index in [2.05, 4.69) is 114 Å². The highest BCUT2D eigenvalue weighted by molar-refractivity contribution is 7.63. The highest BCUT2D eigenvalue weighted by Crippen LogP contribution is 2.54. The van der Waals surface area contributed by atoms with Crippen LogP contribution in [0.25, 0.3) is 40.4 Å². The van der Waals surface area contributed by atoms with Gasteiger partial charge in [0.05, 0.1) is 23.4 Å². The van der Waals surface area contributed by atoms with Crippen molar-refractivity contribution < 1.29 is 13.6 Å². The predicted molar refractivity (Wildman–Crippen MR) is 190 cm³/mol. The van der Waals surface area contributed by atoms with E-state index < -0.39 is 7.60 Å². The first-order valence-corrected chi connectivity index (χ1v) is 18.8. The summed E-state index contributed by atoms with van der Waals surface area (Å²) in [6, 6.07) is 28.4. The summed E-state index contributed by atoms with van der Waals surface area (Å²) in [6.07, 6.45) is 0. The van der Waals surface area contributed by atoms with Gasteiger partial charge in [0.15, 0.2) is 0 Å². The van der Waals surface area contributed by atoms with Gasteiger partial charge in [0.25, 0.3) is 0 Å². The van der Waals surface area contributed by atoms with Crippen LogP contribution < -0.4 is 5.30 Å². The van der Waals surface area contributed by atoms with Crippen molar-refractivity contribution in [3.63, 3.8) is 0 Å². The van der Waals surface area contributed by atoms with Crippen LogP contribution in [0.1, 0.15) is 66.5 Å². The van der Waals surface area contributed by atoms with E-state index in [-0.39, 0.29) is 10.8 Å². The average Bonchev–Trinajstić information content (AvgIpc) is 3.72. The van der Waals surface area contributed by atoms with Crippen molar-refractivity contribution in [2.24, 2.45) is 0 Å². The summed E-state index contributed by atoms with van der Waals surface area (Å²) in [7, 11) is -3.51. The number of hydrogen-bond acceptors (Lipinski definition) is 6. The molecule has 0 spiro atoms. The lowest BCUT2D eigenvalue weighted by atomic mass is 9.86. The van der Waals surface area contributed by atoms with Gasteiger partial charge in [0.1, 0.15) is 0 Å². The predicted octanol–water partition coefficient (Wildman–Crippen LogP) is 12.0. The molecule has 0 aliphatic carbocycles. The summed E-state index contributed by atoms with van der Waals surface area (Å²) in [5, 5.41) is 0.650. The highest BCUT2D eigenvalue weighted by Gasteiger charge is 2.33. The summed E-state index contributed by atoms with van der Waals surface area (Å²) in [6.45, 7) is 17.7. The Kier molecular flexibility index (Phi) is 9.40. The molecule has 0 aliphatic rings. The fourth-order valence-corrected chi connectivity index (χ4v) is 10.5. The van der Waals surface area contributed by atoms with Crippen LogP contribution in [-0.4, -0.2) is 13.2 Å². The molecule has 3 nitrogen and oxygen atoms in total. The zero-order valence-corrected chi connectivity index (χ0v) is 29.7. The molecule has 0 N–H and O–H groups in total. The maximum Gasteiger partial charge on any atom is 0.362 e. The molecule has 7 heteroatoms. The Balaban J connectivity index is 1.54. The average molecular weight is 649 g/mol. The fraction of sp³-hybridized carbons (Fsp3) is 0.333. The maximum atomic E-state index is 14.2. The van der Waals surface area contributed by atoms with Gasteiger partial charge in [-0.25, -0.2) is 0 Å². The minimum atomic E-state index is -3.51. The van der Waals surface area contributed by atoms with Crippen LogP contribution in [0.4, 0.5) is 0 Å². The van der Waals surface area contributed by atoms with Crippen LogP contribution in [0.2, 0.25) is 0 Å². The lowest BCUT2D eigenvalue weighted by Crippen LogP contribution is -2.10. The number of benzene rings is 2. The molecule has 3 heterocycles. The topological polar surface area (TPSA) is 35.5 Å². The summed E-state index contributed by atoms with van der Waals surface area (Å²) >= 11 is 5.13. The molecule has 5 aromatic rings. The quantitative estimate of drug-likeness (QED) is 0.149. The maximum absolute atomic E-state index is 14.2. The van der Waals surface area contributed by atoms with Crippen molar-refractivity contribution in [2.45, 2.75) is 66.2 Å². The molecule has 0 fully saturated rings. The van der Waals surface area contributed by atoms with Gasteiger partial charge in [-0.1, -0.05) is 90.1 Å². The Morgan fingerprint density at radius 3 is 1.42 bits per heavy atom. The summed E-state index contributed by atoms with van der Waals surface area (Å²) < 4.78 is 25.9. The van der Waals surface area contributed by atoms with E-state index in [1.165, 1.54) is 32.0 Å². The van der Waals surface area contributed by atoms with E-state index in [9.17, 15) is 4.57 Å². The van der Waals surface area contributed by atoms with E-state index in [4.69, 9.17) is 9.05 Å². The molecule has 0 bridgehead atoms. The lowest BCUT2D eigenvalue weighted by molar-refractivity contribution is 0.230. The Bertz CT molecular complexity index is 1720. The second-order valence-corrected chi connectivity index (χ2v) is 17.9. The first kappa shape index (κ1) is 32.1. The molecule has 0 saturated carbocycles. The molecule has 2 aromatic carbocycles. The summed E-state index contributed by atoms with van der Waals surface area (Å²) in [4.78, 5) is 6.61. The third-order valence-electron chi connectivity index (χ3n) is 7.36. The monoisotopic (exact) mass is 648 g/mol. The molecule has 3 aromatic heterocycles. The molecule has 226 valence electrons. The van der Waals surface area contributed by atoms with Crippen molar-refractivity contribution in [3.8, 4) is 40.4 Å². The zero-order chi connectivity index (χ0) is 31.0. The van der Waals surface area contributed by atoms with Crippen LogP contribution in [0.15, 0.2) is 78.9 Å². The number of hydrogen-bond donors (Lipinski definition) is 0. The number of rotatable bonds is 9. The molecular formula is C36H41O3PS3. The van der Waals surface area contributed by atoms with E-state index >= 15 is 0 Å². The molecule has 0 saturated heterocycles. The summed E-state index contributed by atoms with van der Waals surface area (Å²) in [5.74, 6) is 0.